The van der Waals surface area contributed by atoms with Gasteiger partial charge in [-0.25, -0.2) is 4.79 Å². The zero-order valence-electron chi connectivity index (χ0n) is 34.4. The molecule has 1 aliphatic rings. The molecule has 0 saturated carbocycles. The van der Waals surface area contributed by atoms with E-state index in [0.29, 0.717) is 172 Å². The highest BCUT2D eigenvalue weighted by Gasteiger charge is 2.29. The monoisotopic (exact) mass is 825 g/mol. The summed E-state index contributed by atoms with van der Waals surface area (Å²) >= 11 is 0. The smallest absolute Gasteiger partial charge is 0.409 e. The second-order valence-corrected chi connectivity index (χ2v) is 12.8. The van der Waals surface area contributed by atoms with Gasteiger partial charge in [-0.3, -0.25) is 0 Å². The largest absolute Gasteiger partial charge is 0.448 e. The SMILES string of the molecule is CN(CCOCCOCCOCCOCCOCCOCCOCCOCCOCCOCCOCCOCCO)C(=O)OCC1c2ccccc2-c2ccccc21. The number of benzene rings is 2. The number of nitrogens with zero attached hydrogens (tertiary/aromatic N) is 1. The van der Waals surface area contributed by atoms with Gasteiger partial charge in [0.1, 0.15) is 6.61 Å². The zero-order valence-corrected chi connectivity index (χ0v) is 34.4. The van der Waals surface area contributed by atoms with Crippen LogP contribution in [0.15, 0.2) is 48.5 Å². The third-order valence-electron chi connectivity index (χ3n) is 8.55. The average molecular weight is 826 g/mol. The molecule has 2 aromatic rings. The van der Waals surface area contributed by atoms with Gasteiger partial charge in [-0.15, -0.1) is 0 Å². The summed E-state index contributed by atoms with van der Waals surface area (Å²) < 4.78 is 71.2. The fraction of sp³-hybridized carbons (Fsp3) is 0.690. The summed E-state index contributed by atoms with van der Waals surface area (Å²) in [6, 6.07) is 16.6. The first-order chi connectivity index (χ1) is 28.7. The number of carbonyl (C=O) groups is 1. The fourth-order valence-corrected chi connectivity index (χ4v) is 5.58. The zero-order chi connectivity index (χ0) is 41.0. The minimum absolute atomic E-state index is 0.0199. The number of amides is 1. The van der Waals surface area contributed by atoms with E-state index in [1.165, 1.54) is 27.2 Å². The summed E-state index contributed by atoms with van der Waals surface area (Å²) in [5.41, 5.74) is 4.79. The van der Waals surface area contributed by atoms with Gasteiger partial charge in [0.15, 0.2) is 0 Å². The van der Waals surface area contributed by atoms with Gasteiger partial charge < -0.3 is 71.6 Å². The number of likely N-dealkylation sites (N-methyl/N-ethyl adjacent to an activating group) is 1. The van der Waals surface area contributed by atoms with Crippen molar-refractivity contribution in [1.29, 1.82) is 0 Å². The number of ether oxygens (including phenoxy) is 13. The quantitative estimate of drug-likeness (QED) is 0.0977. The van der Waals surface area contributed by atoms with Crippen molar-refractivity contribution in [2.45, 2.75) is 5.92 Å². The summed E-state index contributed by atoms with van der Waals surface area (Å²) in [6.45, 7) is 12.0. The standard InChI is InChI=1S/C42H67NO15/c1-43(42(45)58-36-41-39-8-4-2-6-37(39)38-7-3-5-9-40(38)41)10-12-46-14-16-48-18-20-50-22-24-52-26-28-54-30-32-56-34-35-57-33-31-55-29-27-53-25-23-51-21-19-49-17-15-47-13-11-44/h2-9,41,44H,10-36H2,1H3. The van der Waals surface area contributed by atoms with E-state index in [4.69, 9.17) is 66.7 Å². The molecule has 1 amide bonds. The van der Waals surface area contributed by atoms with Gasteiger partial charge in [0.25, 0.3) is 0 Å². The van der Waals surface area contributed by atoms with E-state index in [-0.39, 0.29) is 18.6 Å². The van der Waals surface area contributed by atoms with Crippen LogP contribution in [0, 0.1) is 0 Å². The lowest BCUT2D eigenvalue weighted by atomic mass is 9.98. The Morgan fingerprint density at radius 2 is 0.724 bits per heavy atom. The van der Waals surface area contributed by atoms with Crippen LogP contribution in [0.5, 0.6) is 0 Å². The highest BCUT2D eigenvalue weighted by molar-refractivity contribution is 5.79. The number of aliphatic hydroxyl groups excluding tert-OH is 1. The Balaban J connectivity index is 0.950. The molecule has 3 rings (SSSR count). The number of hydrogen-bond donors (Lipinski definition) is 1. The Morgan fingerprint density at radius 3 is 1.03 bits per heavy atom. The van der Waals surface area contributed by atoms with Crippen molar-refractivity contribution < 1.29 is 71.5 Å². The minimum Gasteiger partial charge on any atom is -0.448 e. The molecule has 0 aromatic heterocycles. The summed E-state index contributed by atoms with van der Waals surface area (Å²) in [5.74, 6) is 0.0354. The topological polar surface area (TPSA) is 161 Å². The van der Waals surface area contributed by atoms with E-state index in [2.05, 4.69) is 24.3 Å². The van der Waals surface area contributed by atoms with Crippen molar-refractivity contribution in [3.63, 3.8) is 0 Å². The Labute approximate surface area is 344 Å². The summed E-state index contributed by atoms with van der Waals surface area (Å²) in [7, 11) is 1.71. The molecule has 16 heteroatoms. The van der Waals surface area contributed by atoms with E-state index >= 15 is 0 Å². The lowest BCUT2D eigenvalue weighted by Gasteiger charge is -2.19. The molecular weight excluding hydrogens is 758 g/mol. The third-order valence-corrected chi connectivity index (χ3v) is 8.55. The van der Waals surface area contributed by atoms with Crippen molar-refractivity contribution in [2.75, 3.05) is 185 Å². The van der Waals surface area contributed by atoms with E-state index in [9.17, 15) is 4.79 Å². The van der Waals surface area contributed by atoms with Crippen molar-refractivity contribution in [3.8, 4) is 11.1 Å². The molecule has 0 bridgehead atoms. The predicted molar refractivity (Wildman–Crippen MR) is 215 cm³/mol. The van der Waals surface area contributed by atoms with Gasteiger partial charge in [-0.1, -0.05) is 48.5 Å². The molecular formula is C42H67NO15. The summed E-state index contributed by atoms with van der Waals surface area (Å²) in [4.78, 5) is 14.1. The van der Waals surface area contributed by atoms with E-state index in [1.807, 2.05) is 24.3 Å². The molecule has 0 saturated heterocycles. The molecule has 16 nitrogen and oxygen atoms in total. The van der Waals surface area contributed by atoms with Crippen molar-refractivity contribution >= 4 is 6.09 Å². The minimum atomic E-state index is -0.367. The number of carbonyl (C=O) groups excluding carboxylic acids is 1. The Hall–Kier alpha value is -2.81. The molecule has 2 aromatic carbocycles. The molecule has 0 fully saturated rings. The van der Waals surface area contributed by atoms with Gasteiger partial charge in [0.05, 0.1) is 165 Å². The van der Waals surface area contributed by atoms with Gasteiger partial charge in [-0.2, -0.15) is 0 Å². The molecule has 0 aliphatic heterocycles. The maximum atomic E-state index is 12.6. The van der Waals surface area contributed by atoms with Crippen molar-refractivity contribution in [3.05, 3.63) is 59.7 Å². The Kier molecular flexibility index (Phi) is 29.9. The van der Waals surface area contributed by atoms with Gasteiger partial charge >= 0.3 is 6.09 Å². The van der Waals surface area contributed by atoms with Crippen LogP contribution in [0.2, 0.25) is 0 Å². The molecule has 330 valence electrons. The number of fused-ring (bicyclic) bond motifs is 3. The van der Waals surface area contributed by atoms with E-state index in [0.717, 1.165) is 0 Å². The van der Waals surface area contributed by atoms with Crippen molar-refractivity contribution in [2.24, 2.45) is 0 Å². The molecule has 1 N–H and O–H groups in total. The normalized spacial score (nSPS) is 12.2. The Morgan fingerprint density at radius 1 is 0.448 bits per heavy atom. The molecule has 0 atom stereocenters. The van der Waals surface area contributed by atoms with Crippen LogP contribution in [0.3, 0.4) is 0 Å². The van der Waals surface area contributed by atoms with Gasteiger partial charge in [-0.05, 0) is 22.3 Å². The fourth-order valence-electron chi connectivity index (χ4n) is 5.58. The van der Waals surface area contributed by atoms with Crippen LogP contribution >= 0.6 is 0 Å². The molecule has 58 heavy (non-hydrogen) atoms. The first-order valence-electron chi connectivity index (χ1n) is 20.3. The second-order valence-electron chi connectivity index (χ2n) is 12.8. The number of rotatable bonds is 40. The molecule has 1 aliphatic carbocycles. The lowest BCUT2D eigenvalue weighted by molar-refractivity contribution is -0.0286. The summed E-state index contributed by atoms with van der Waals surface area (Å²) in [6.07, 6.45) is -0.367. The van der Waals surface area contributed by atoms with E-state index < -0.39 is 0 Å². The van der Waals surface area contributed by atoms with Crippen LogP contribution in [0.4, 0.5) is 4.79 Å². The second kappa shape index (κ2) is 35.0. The van der Waals surface area contributed by atoms with Crippen LogP contribution in [0.1, 0.15) is 17.0 Å². The maximum Gasteiger partial charge on any atom is 0.409 e. The predicted octanol–water partition coefficient (Wildman–Crippen LogP) is 3.06. The van der Waals surface area contributed by atoms with Crippen LogP contribution < -0.4 is 0 Å². The third kappa shape index (κ3) is 23.1. The highest BCUT2D eigenvalue weighted by Crippen LogP contribution is 2.44. The van der Waals surface area contributed by atoms with Crippen LogP contribution in [-0.4, -0.2) is 201 Å². The van der Waals surface area contributed by atoms with Crippen LogP contribution in [-0.2, 0) is 61.6 Å². The molecule has 0 heterocycles. The van der Waals surface area contributed by atoms with Gasteiger partial charge in [0.2, 0.25) is 0 Å². The van der Waals surface area contributed by atoms with Crippen molar-refractivity contribution in [1.82, 2.24) is 4.90 Å². The first-order valence-corrected chi connectivity index (χ1v) is 20.3. The highest BCUT2D eigenvalue weighted by atomic mass is 16.6. The molecule has 0 spiro atoms. The number of aliphatic hydroxyl groups is 1. The van der Waals surface area contributed by atoms with Crippen LogP contribution in [0.25, 0.3) is 11.1 Å². The molecule has 0 unspecified atom stereocenters. The summed E-state index contributed by atoms with van der Waals surface area (Å²) in [5, 5.41) is 8.60. The van der Waals surface area contributed by atoms with Gasteiger partial charge in [0, 0.05) is 19.5 Å². The average Bonchev–Trinajstić information content (AvgIpc) is 3.57. The first kappa shape index (κ1) is 49.6. The maximum absolute atomic E-state index is 12.6. The molecule has 0 radical (unpaired) electrons. The number of hydrogen-bond acceptors (Lipinski definition) is 15. The Bertz CT molecular complexity index is 1230. The van der Waals surface area contributed by atoms with E-state index in [1.54, 1.807) is 7.05 Å². The lowest BCUT2D eigenvalue weighted by Crippen LogP contribution is -2.32.